The molecular formula is C18H26N4O3. The molecule has 0 fully saturated rings. The summed E-state index contributed by atoms with van der Waals surface area (Å²) >= 11 is 0. The number of rotatable bonds is 8. The van der Waals surface area contributed by atoms with Crippen LogP contribution in [0.4, 0.5) is 10.6 Å². The van der Waals surface area contributed by atoms with Crippen molar-refractivity contribution in [2.45, 2.75) is 32.7 Å². The van der Waals surface area contributed by atoms with Crippen LogP contribution >= 0.6 is 0 Å². The Morgan fingerprint density at radius 2 is 1.96 bits per heavy atom. The van der Waals surface area contributed by atoms with Gasteiger partial charge in [-0.1, -0.05) is 6.07 Å². The first kappa shape index (κ1) is 18.6. The van der Waals surface area contributed by atoms with Crippen molar-refractivity contribution >= 4 is 11.8 Å². The zero-order valence-electron chi connectivity index (χ0n) is 15.2. The molecule has 25 heavy (non-hydrogen) atoms. The van der Waals surface area contributed by atoms with Gasteiger partial charge < -0.3 is 14.8 Å². The van der Waals surface area contributed by atoms with Crippen LogP contribution in [0.15, 0.2) is 30.5 Å². The minimum Gasteiger partial charge on any atom is -0.493 e. The van der Waals surface area contributed by atoms with E-state index in [0.29, 0.717) is 23.9 Å². The van der Waals surface area contributed by atoms with Crippen LogP contribution in [0, 0.1) is 0 Å². The number of nitrogens with zero attached hydrogens (tertiary/aromatic N) is 2. The third kappa shape index (κ3) is 5.14. The number of amides is 2. The van der Waals surface area contributed by atoms with Crippen molar-refractivity contribution < 1.29 is 14.3 Å². The van der Waals surface area contributed by atoms with Crippen LogP contribution < -0.4 is 20.1 Å². The van der Waals surface area contributed by atoms with Gasteiger partial charge in [0.05, 0.1) is 20.4 Å². The third-order valence-electron chi connectivity index (χ3n) is 3.78. The predicted octanol–water partition coefficient (Wildman–Crippen LogP) is 3.24. The lowest BCUT2D eigenvalue weighted by atomic mass is 10.1. The van der Waals surface area contributed by atoms with Crippen molar-refractivity contribution in [3.05, 3.63) is 36.0 Å². The van der Waals surface area contributed by atoms with Crippen molar-refractivity contribution in [3.8, 4) is 11.5 Å². The van der Waals surface area contributed by atoms with Crippen molar-refractivity contribution in [2.24, 2.45) is 0 Å². The summed E-state index contributed by atoms with van der Waals surface area (Å²) in [5, 5.41) is 9.87. The number of ether oxygens (including phenoxy) is 2. The fraction of sp³-hybridized carbons (Fsp3) is 0.444. The molecule has 136 valence electrons. The SMILES string of the molecule is COc1ccc(CCCNC(=O)Nc2ccnn2C(C)C)cc1OC. The molecule has 1 heterocycles. The van der Waals surface area contributed by atoms with Gasteiger partial charge in [-0.05, 0) is 44.4 Å². The van der Waals surface area contributed by atoms with Gasteiger partial charge in [-0.15, -0.1) is 0 Å². The van der Waals surface area contributed by atoms with E-state index in [1.807, 2.05) is 32.0 Å². The maximum Gasteiger partial charge on any atom is 0.320 e. The number of nitrogens with one attached hydrogen (secondary N) is 2. The van der Waals surface area contributed by atoms with Gasteiger partial charge >= 0.3 is 6.03 Å². The van der Waals surface area contributed by atoms with Crippen LogP contribution in [0.2, 0.25) is 0 Å². The van der Waals surface area contributed by atoms with E-state index in [2.05, 4.69) is 15.7 Å². The molecule has 1 aromatic carbocycles. The second-order valence-corrected chi connectivity index (χ2v) is 5.93. The molecule has 0 spiro atoms. The summed E-state index contributed by atoms with van der Waals surface area (Å²) in [5.74, 6) is 2.12. The second-order valence-electron chi connectivity index (χ2n) is 5.93. The number of urea groups is 1. The van der Waals surface area contributed by atoms with Crippen molar-refractivity contribution in [1.82, 2.24) is 15.1 Å². The Balaban J connectivity index is 1.77. The molecular weight excluding hydrogens is 320 g/mol. The summed E-state index contributed by atoms with van der Waals surface area (Å²) in [6.07, 6.45) is 3.34. The monoisotopic (exact) mass is 346 g/mol. The molecule has 0 radical (unpaired) electrons. The lowest BCUT2D eigenvalue weighted by Gasteiger charge is -2.12. The predicted molar refractivity (Wildman–Crippen MR) is 97.5 cm³/mol. The molecule has 2 rings (SSSR count). The molecule has 2 N–H and O–H groups in total. The molecule has 0 aliphatic carbocycles. The molecule has 0 atom stereocenters. The number of carbonyl (C=O) groups excluding carboxylic acids is 1. The fourth-order valence-electron chi connectivity index (χ4n) is 2.52. The highest BCUT2D eigenvalue weighted by Gasteiger charge is 2.09. The Morgan fingerprint density at radius 3 is 2.64 bits per heavy atom. The molecule has 2 aromatic rings. The maximum atomic E-state index is 12.0. The molecule has 2 amide bonds. The number of hydrogen-bond acceptors (Lipinski definition) is 4. The number of benzene rings is 1. The largest absolute Gasteiger partial charge is 0.493 e. The Hall–Kier alpha value is -2.70. The molecule has 0 aliphatic rings. The van der Waals surface area contributed by atoms with E-state index in [0.717, 1.165) is 18.4 Å². The molecule has 1 aromatic heterocycles. The number of hydrogen-bond donors (Lipinski definition) is 2. The Morgan fingerprint density at radius 1 is 1.20 bits per heavy atom. The van der Waals surface area contributed by atoms with Gasteiger partial charge in [0.1, 0.15) is 5.82 Å². The smallest absolute Gasteiger partial charge is 0.320 e. The Labute approximate surface area is 148 Å². The van der Waals surface area contributed by atoms with Crippen LogP contribution in [0.3, 0.4) is 0 Å². The quantitative estimate of drug-likeness (QED) is 0.720. The molecule has 7 heteroatoms. The number of aryl methyl sites for hydroxylation is 1. The summed E-state index contributed by atoms with van der Waals surface area (Å²) in [6.45, 7) is 4.61. The zero-order valence-corrected chi connectivity index (χ0v) is 15.2. The van der Waals surface area contributed by atoms with Gasteiger partial charge in [-0.2, -0.15) is 5.10 Å². The number of methoxy groups -OCH3 is 2. The van der Waals surface area contributed by atoms with Crippen LogP contribution in [0.1, 0.15) is 31.9 Å². The summed E-state index contributed by atoms with van der Waals surface area (Å²) < 4.78 is 12.3. The Kier molecular flexibility index (Phi) is 6.68. The highest BCUT2D eigenvalue weighted by Crippen LogP contribution is 2.27. The first-order valence-corrected chi connectivity index (χ1v) is 8.34. The summed E-state index contributed by atoms with van der Waals surface area (Å²) in [7, 11) is 3.24. The van der Waals surface area contributed by atoms with Crippen molar-refractivity contribution in [3.63, 3.8) is 0 Å². The van der Waals surface area contributed by atoms with Gasteiger partial charge in [0.25, 0.3) is 0 Å². The molecule has 0 bridgehead atoms. The normalized spacial score (nSPS) is 10.6. The Bertz CT molecular complexity index is 697. The number of carbonyl (C=O) groups is 1. The standard InChI is InChI=1S/C18H26N4O3/c1-13(2)22-17(9-11-20-22)21-18(23)19-10-5-6-14-7-8-15(24-3)16(12-14)25-4/h7-9,11-13H,5-6,10H2,1-4H3,(H2,19,21,23). The molecule has 7 nitrogen and oxygen atoms in total. The van der Waals surface area contributed by atoms with E-state index in [1.165, 1.54) is 0 Å². The topological polar surface area (TPSA) is 77.4 Å². The maximum absolute atomic E-state index is 12.0. The average molecular weight is 346 g/mol. The van der Waals surface area contributed by atoms with E-state index in [1.54, 1.807) is 31.2 Å². The van der Waals surface area contributed by atoms with E-state index >= 15 is 0 Å². The molecule has 0 saturated heterocycles. The molecule has 0 unspecified atom stereocenters. The lowest BCUT2D eigenvalue weighted by molar-refractivity contribution is 0.251. The zero-order chi connectivity index (χ0) is 18.2. The molecule has 0 aliphatic heterocycles. The van der Waals surface area contributed by atoms with Crippen LogP contribution in [0.25, 0.3) is 0 Å². The highest BCUT2D eigenvalue weighted by atomic mass is 16.5. The van der Waals surface area contributed by atoms with Crippen LogP contribution in [-0.2, 0) is 6.42 Å². The minimum atomic E-state index is -0.227. The first-order chi connectivity index (χ1) is 12.0. The number of aromatic nitrogens is 2. The van der Waals surface area contributed by atoms with Crippen LogP contribution in [0.5, 0.6) is 11.5 Å². The first-order valence-electron chi connectivity index (χ1n) is 8.34. The van der Waals surface area contributed by atoms with E-state index in [-0.39, 0.29) is 12.1 Å². The van der Waals surface area contributed by atoms with Crippen LogP contribution in [-0.4, -0.2) is 36.6 Å². The van der Waals surface area contributed by atoms with Crippen molar-refractivity contribution in [2.75, 3.05) is 26.1 Å². The molecule has 0 saturated carbocycles. The highest BCUT2D eigenvalue weighted by molar-refractivity contribution is 5.88. The van der Waals surface area contributed by atoms with E-state index in [9.17, 15) is 4.79 Å². The fourth-order valence-corrected chi connectivity index (χ4v) is 2.52. The van der Waals surface area contributed by atoms with Gasteiger partial charge in [-0.3, -0.25) is 5.32 Å². The summed E-state index contributed by atoms with van der Waals surface area (Å²) in [4.78, 5) is 12.0. The average Bonchev–Trinajstić information content (AvgIpc) is 3.06. The lowest BCUT2D eigenvalue weighted by Crippen LogP contribution is -2.30. The minimum absolute atomic E-state index is 0.190. The third-order valence-corrected chi connectivity index (χ3v) is 3.78. The van der Waals surface area contributed by atoms with E-state index in [4.69, 9.17) is 9.47 Å². The number of anilines is 1. The van der Waals surface area contributed by atoms with Gasteiger partial charge in [0, 0.05) is 18.7 Å². The second kappa shape index (κ2) is 8.96. The van der Waals surface area contributed by atoms with Gasteiger partial charge in [-0.25, -0.2) is 9.48 Å². The van der Waals surface area contributed by atoms with E-state index < -0.39 is 0 Å². The van der Waals surface area contributed by atoms with Gasteiger partial charge in [0.15, 0.2) is 11.5 Å². The summed E-state index contributed by atoms with van der Waals surface area (Å²) in [6, 6.07) is 7.60. The van der Waals surface area contributed by atoms with Gasteiger partial charge in [0.2, 0.25) is 0 Å². The summed E-state index contributed by atoms with van der Waals surface area (Å²) in [5.41, 5.74) is 1.14. The van der Waals surface area contributed by atoms with Crippen molar-refractivity contribution in [1.29, 1.82) is 0 Å².